The molecule has 0 rings (SSSR count). The van der Waals surface area contributed by atoms with Crippen LogP contribution in [-0.2, 0) is 19.2 Å². The van der Waals surface area contributed by atoms with E-state index in [1.54, 1.807) is 0 Å². The summed E-state index contributed by atoms with van der Waals surface area (Å²) in [5, 5.41) is 0. The Balaban J connectivity index is 2.80. The second-order valence-electron chi connectivity index (χ2n) is 0.226. The van der Waals surface area contributed by atoms with Gasteiger partial charge in [0.05, 0.1) is 0 Å². The van der Waals surface area contributed by atoms with Crippen molar-refractivity contribution in [1.82, 2.24) is 0 Å². The van der Waals surface area contributed by atoms with Gasteiger partial charge in [-0.2, -0.15) is 0 Å². The first-order valence-electron chi connectivity index (χ1n) is 0.582. The second kappa shape index (κ2) is 2.07. The topological polar surface area (TPSA) is 17.1 Å². The van der Waals surface area contributed by atoms with E-state index in [9.17, 15) is 4.79 Å². The van der Waals surface area contributed by atoms with Crippen molar-refractivity contribution in [1.29, 1.82) is 0 Å². The molecule has 4 heavy (non-hydrogen) atoms. The zero-order chi connectivity index (χ0) is 3.58. The molecule has 24 valence electrons. The van der Waals surface area contributed by atoms with E-state index in [-0.39, 0.29) is 3.17 Å². The van der Waals surface area contributed by atoms with Crippen LogP contribution in [0, 0.1) is 0 Å². The van der Waals surface area contributed by atoms with Gasteiger partial charge < -0.3 is 0 Å². The molecule has 0 atom stereocenters. The zero-order valence-electron chi connectivity index (χ0n) is 1.66. The Hall–Kier alpha value is 0.812. The second-order valence-corrected chi connectivity index (χ2v) is 4.07. The molecule has 0 amide bonds. The van der Waals surface area contributed by atoms with Gasteiger partial charge in [0.15, 0.2) is 0 Å². The van der Waals surface area contributed by atoms with Gasteiger partial charge in [0, 0.05) is 0 Å². The molecule has 0 aliphatic heterocycles. The Kier molecular flexibility index (Phi) is 2.50. The summed E-state index contributed by atoms with van der Waals surface area (Å²) in [6.07, 6.45) is 0. The number of carbonyl (C=O) groups excluding carboxylic acids is 1. The molecule has 0 aromatic heterocycles. The molecule has 0 aromatic rings. The predicted octanol–water partition coefficient (Wildman–Crippen LogP) is 1.05. The first-order valence-corrected chi connectivity index (χ1v) is 2.73. The Morgan fingerprint density at radius 3 is 2.00 bits per heavy atom. The molecule has 0 saturated heterocycles. The van der Waals surface area contributed by atoms with Crippen molar-refractivity contribution in [2.24, 2.45) is 0 Å². The molecule has 0 saturated carbocycles. The van der Waals surface area contributed by atoms with Crippen LogP contribution in [0.15, 0.2) is 0 Å². The molecule has 0 aromatic carbocycles. The van der Waals surface area contributed by atoms with Crippen LogP contribution in [0.25, 0.3) is 0 Å². The summed E-state index contributed by atoms with van der Waals surface area (Å²) in [7, 11) is 0. The standard InChI is InChI=1S/CBrO.Re/c2-1-3;. The number of halogens is 1. The van der Waals surface area contributed by atoms with E-state index in [2.05, 4.69) is 15.9 Å². The summed E-state index contributed by atoms with van der Waals surface area (Å²) in [5.41, 5.74) is 0. The van der Waals surface area contributed by atoms with Crippen LogP contribution in [0.3, 0.4) is 0 Å². The average Bonchev–Trinajstić information content (AvgIpc) is 0.811. The Morgan fingerprint density at radius 1 is 2.00 bits per heavy atom. The van der Waals surface area contributed by atoms with Crippen LogP contribution < -0.4 is 0 Å². The van der Waals surface area contributed by atoms with Gasteiger partial charge in [-0.05, 0) is 0 Å². The molecular weight excluding hydrogens is 294 g/mol. The summed E-state index contributed by atoms with van der Waals surface area (Å²) in [6.45, 7) is 0. The van der Waals surface area contributed by atoms with Crippen LogP contribution in [0.4, 0.5) is 4.79 Å². The van der Waals surface area contributed by atoms with E-state index < -0.39 is 0 Å². The first-order chi connectivity index (χ1) is 1.73. The third kappa shape index (κ3) is 14.0. The van der Waals surface area contributed by atoms with Crippen molar-refractivity contribution in [3.05, 3.63) is 0 Å². The molecule has 0 N–H and O–H groups in total. The van der Waals surface area contributed by atoms with Gasteiger partial charge in [0.2, 0.25) is 0 Å². The molecular formula is CBrORe. The predicted molar refractivity (Wildman–Crippen MR) is 14.3 cm³/mol. The van der Waals surface area contributed by atoms with E-state index in [1.807, 2.05) is 0 Å². The summed E-state index contributed by atoms with van der Waals surface area (Å²) >= 11 is 3.77. The zero-order valence-corrected chi connectivity index (χ0v) is 5.97. The minimum atomic E-state index is 0.0347. The van der Waals surface area contributed by atoms with Crippen LogP contribution in [-0.4, -0.2) is 3.17 Å². The van der Waals surface area contributed by atoms with Crippen molar-refractivity contribution in [2.45, 2.75) is 0 Å². The molecule has 0 heterocycles. The van der Waals surface area contributed by atoms with Gasteiger partial charge in [-0.15, -0.1) is 0 Å². The van der Waals surface area contributed by atoms with E-state index in [0.29, 0.717) is 0 Å². The Labute approximate surface area is 43.3 Å². The van der Waals surface area contributed by atoms with E-state index >= 15 is 0 Å². The fourth-order valence-electron chi connectivity index (χ4n) is 0. The summed E-state index contributed by atoms with van der Waals surface area (Å²) in [4.78, 5) is 9.39. The van der Waals surface area contributed by atoms with Crippen LogP contribution >= 0.6 is 15.9 Å². The number of hydrogen-bond donors (Lipinski definition) is 0. The molecule has 0 unspecified atom stereocenters. The molecule has 0 radical (unpaired) electrons. The van der Waals surface area contributed by atoms with Gasteiger partial charge >= 0.3 is 43.1 Å². The summed E-state index contributed by atoms with van der Waals surface area (Å²) < 4.78 is 0.0347. The molecule has 0 aliphatic carbocycles. The number of rotatable bonds is 0. The Morgan fingerprint density at radius 2 is 2.00 bits per heavy atom. The van der Waals surface area contributed by atoms with E-state index in [1.165, 1.54) is 0 Å². The first kappa shape index (κ1) is 4.81. The van der Waals surface area contributed by atoms with E-state index in [4.69, 9.17) is 0 Å². The van der Waals surface area contributed by atoms with Gasteiger partial charge in [-0.1, -0.05) is 0 Å². The van der Waals surface area contributed by atoms with Crippen molar-refractivity contribution in [2.75, 3.05) is 0 Å². The maximum absolute atomic E-state index is 9.39. The van der Waals surface area contributed by atoms with Crippen LogP contribution in [0.5, 0.6) is 0 Å². The van der Waals surface area contributed by atoms with Crippen molar-refractivity contribution in [3.8, 4) is 0 Å². The van der Waals surface area contributed by atoms with Gasteiger partial charge in [0.1, 0.15) is 0 Å². The molecule has 1 nitrogen and oxygen atoms in total. The maximum atomic E-state index is 9.39. The van der Waals surface area contributed by atoms with Gasteiger partial charge in [0.25, 0.3) is 0 Å². The fourth-order valence-corrected chi connectivity index (χ4v) is 0. The van der Waals surface area contributed by atoms with Crippen molar-refractivity contribution >= 4 is 19.1 Å². The average molecular weight is 294 g/mol. The molecule has 0 spiro atoms. The SMILES string of the molecule is O=[C](Br)[Re]. The minimum absolute atomic E-state index is 0.0347. The van der Waals surface area contributed by atoms with Crippen LogP contribution in [0.2, 0.25) is 0 Å². The monoisotopic (exact) mass is 294 g/mol. The number of hydrogen-bond acceptors (Lipinski definition) is 1. The normalized spacial score (nSPS) is 6.50. The summed E-state index contributed by atoms with van der Waals surface area (Å²) in [5.74, 6) is 0. The summed E-state index contributed by atoms with van der Waals surface area (Å²) in [6, 6.07) is 0. The molecule has 3 heteroatoms. The molecule has 0 bridgehead atoms. The molecule has 0 aliphatic rings. The third-order valence-corrected chi connectivity index (χ3v) is 0. The molecule has 0 fully saturated rings. The number of carbonyl (C=O) groups is 1. The van der Waals surface area contributed by atoms with Gasteiger partial charge in [-0.3, -0.25) is 0 Å². The van der Waals surface area contributed by atoms with Gasteiger partial charge in [-0.25, -0.2) is 0 Å². The quantitative estimate of drug-likeness (QED) is 0.610. The Bertz CT molecular complexity index is 31.0. The van der Waals surface area contributed by atoms with Crippen molar-refractivity contribution in [3.63, 3.8) is 0 Å². The fraction of sp³-hybridized carbons (Fsp3) is 0. The van der Waals surface area contributed by atoms with E-state index in [0.717, 1.165) is 19.2 Å². The van der Waals surface area contributed by atoms with Crippen molar-refractivity contribution < 1.29 is 24.0 Å². The van der Waals surface area contributed by atoms with Crippen LogP contribution in [0.1, 0.15) is 0 Å². The third-order valence-electron chi connectivity index (χ3n) is 0.